The Morgan fingerprint density at radius 3 is 2.33 bits per heavy atom. The molecule has 206 valence electrons. The molecule has 0 saturated heterocycles. The quantitative estimate of drug-likeness (QED) is 0.319. The zero-order valence-electron chi connectivity index (χ0n) is 22.9. The number of aliphatic hydroxyl groups excluding tert-OH is 1. The number of carbonyl (C=O) groups excluding carboxylic acids is 2. The molecule has 0 fully saturated rings. The van der Waals surface area contributed by atoms with E-state index in [1.165, 1.54) is 12.1 Å². The highest BCUT2D eigenvalue weighted by Gasteiger charge is 2.14. The minimum atomic E-state index is -0.325. The van der Waals surface area contributed by atoms with Crippen LogP contribution < -0.4 is 20.5 Å². The summed E-state index contributed by atoms with van der Waals surface area (Å²) < 4.78 is 18.8. The van der Waals surface area contributed by atoms with E-state index in [2.05, 4.69) is 23.7 Å². The van der Waals surface area contributed by atoms with E-state index in [0.29, 0.717) is 35.0 Å². The standard InChI is InChI=1S/C32H37FN2O4/c1-5-24(20-35(4)21-30-22(2)6-16-29(23(30)3)32(38)34-18-19-36)7-17-31(37)25-8-12-27(13-9-25)39-28-14-10-26(33)11-15-28/h6,8-16,21,24,36H,2,5,7,17-20H2,1,3-4H3,(H,34,38)/b30-21+. The molecule has 1 amide bonds. The predicted molar refractivity (Wildman–Crippen MR) is 153 cm³/mol. The summed E-state index contributed by atoms with van der Waals surface area (Å²) in [4.78, 5) is 27.4. The van der Waals surface area contributed by atoms with Crippen molar-refractivity contribution in [1.82, 2.24) is 10.2 Å². The second-order valence-corrected chi connectivity index (χ2v) is 9.68. The maximum absolute atomic E-state index is 13.1. The minimum Gasteiger partial charge on any atom is -0.457 e. The fourth-order valence-electron chi connectivity index (χ4n) is 4.41. The van der Waals surface area contributed by atoms with Gasteiger partial charge in [-0.05, 0) is 84.6 Å². The highest BCUT2D eigenvalue weighted by Crippen LogP contribution is 2.23. The fourth-order valence-corrected chi connectivity index (χ4v) is 4.41. The second-order valence-electron chi connectivity index (χ2n) is 9.68. The Bertz CT molecular complexity index is 1370. The first kappa shape index (κ1) is 29.6. The van der Waals surface area contributed by atoms with E-state index in [4.69, 9.17) is 9.84 Å². The molecule has 0 aliphatic heterocycles. The Hall–Kier alpha value is -3.97. The summed E-state index contributed by atoms with van der Waals surface area (Å²) in [5.41, 5.74) is 2.02. The van der Waals surface area contributed by atoms with Crippen molar-refractivity contribution in [2.45, 2.75) is 33.1 Å². The van der Waals surface area contributed by atoms with Gasteiger partial charge in [0.05, 0.1) is 6.61 Å². The zero-order chi connectivity index (χ0) is 28.4. The monoisotopic (exact) mass is 532 g/mol. The Morgan fingerprint density at radius 2 is 1.72 bits per heavy atom. The number of hydrogen-bond acceptors (Lipinski definition) is 5. The first-order valence-corrected chi connectivity index (χ1v) is 13.2. The van der Waals surface area contributed by atoms with Gasteiger partial charge in [0.2, 0.25) is 0 Å². The molecule has 0 aliphatic rings. The normalized spacial score (nSPS) is 12.2. The number of Topliss-reactive ketones (excluding diaryl/α,β-unsaturated/α-hetero) is 1. The molecular weight excluding hydrogens is 495 g/mol. The number of aliphatic hydroxyl groups is 1. The van der Waals surface area contributed by atoms with Crippen LogP contribution in [0.2, 0.25) is 0 Å². The molecule has 1 unspecified atom stereocenters. The summed E-state index contributed by atoms with van der Waals surface area (Å²) in [6.07, 6.45) is 4.12. The summed E-state index contributed by atoms with van der Waals surface area (Å²) >= 11 is 0. The minimum absolute atomic E-state index is 0.0749. The summed E-state index contributed by atoms with van der Waals surface area (Å²) in [6, 6.07) is 16.4. The smallest absolute Gasteiger partial charge is 0.251 e. The average Bonchev–Trinajstić information content (AvgIpc) is 2.93. The molecular formula is C32H37FN2O4. The van der Waals surface area contributed by atoms with Crippen LogP contribution in [0.25, 0.3) is 12.8 Å². The van der Waals surface area contributed by atoms with Crippen molar-refractivity contribution in [3.05, 3.63) is 93.6 Å². The van der Waals surface area contributed by atoms with E-state index in [1.54, 1.807) is 42.5 Å². The lowest BCUT2D eigenvalue weighted by molar-refractivity contribution is 0.0942. The Balaban J connectivity index is 1.60. The molecule has 3 aromatic rings. The highest BCUT2D eigenvalue weighted by molar-refractivity contribution is 5.96. The maximum Gasteiger partial charge on any atom is 0.251 e. The Labute approximate surface area is 229 Å². The lowest BCUT2D eigenvalue weighted by atomic mass is 9.96. The number of nitrogens with zero attached hydrogens (tertiary/aromatic N) is 1. The first-order valence-electron chi connectivity index (χ1n) is 13.2. The van der Waals surface area contributed by atoms with Gasteiger partial charge >= 0.3 is 0 Å². The van der Waals surface area contributed by atoms with Crippen LogP contribution in [0.15, 0.2) is 60.7 Å². The van der Waals surface area contributed by atoms with Gasteiger partial charge in [-0.25, -0.2) is 4.39 Å². The molecule has 6 nitrogen and oxygen atoms in total. The van der Waals surface area contributed by atoms with E-state index in [1.807, 2.05) is 26.2 Å². The molecule has 0 aromatic heterocycles. The zero-order valence-corrected chi connectivity index (χ0v) is 22.9. The van der Waals surface area contributed by atoms with Crippen molar-refractivity contribution in [3.8, 4) is 11.5 Å². The highest BCUT2D eigenvalue weighted by atomic mass is 19.1. The third-order valence-corrected chi connectivity index (χ3v) is 6.73. The molecule has 0 spiro atoms. The lowest BCUT2D eigenvalue weighted by Gasteiger charge is -2.22. The van der Waals surface area contributed by atoms with Crippen molar-refractivity contribution in [3.63, 3.8) is 0 Å². The molecule has 0 heterocycles. The van der Waals surface area contributed by atoms with Gasteiger partial charge in [-0.2, -0.15) is 0 Å². The number of amides is 1. The van der Waals surface area contributed by atoms with Crippen LogP contribution in [-0.4, -0.2) is 48.4 Å². The van der Waals surface area contributed by atoms with Crippen molar-refractivity contribution < 1.29 is 23.8 Å². The van der Waals surface area contributed by atoms with Gasteiger partial charge in [0.1, 0.15) is 17.3 Å². The number of hydrogen-bond donors (Lipinski definition) is 2. The van der Waals surface area contributed by atoms with Crippen LogP contribution in [-0.2, 0) is 0 Å². The van der Waals surface area contributed by atoms with E-state index in [0.717, 1.165) is 35.4 Å². The van der Waals surface area contributed by atoms with Crippen LogP contribution in [0, 0.1) is 18.7 Å². The Morgan fingerprint density at radius 1 is 1.08 bits per heavy atom. The number of halogens is 1. The topological polar surface area (TPSA) is 78.9 Å². The van der Waals surface area contributed by atoms with Crippen molar-refractivity contribution >= 4 is 24.5 Å². The second kappa shape index (κ2) is 14.3. The molecule has 1 atom stereocenters. The SMILES string of the molecule is C=c1ccc(C(=O)NCCO)c(C)/c1=C/N(C)CC(CC)CCC(=O)c1ccc(Oc2ccc(F)cc2)cc1. The van der Waals surface area contributed by atoms with E-state index in [9.17, 15) is 14.0 Å². The third kappa shape index (κ3) is 8.52. The fraction of sp³-hybridized carbons (Fsp3) is 0.312. The molecule has 0 bridgehead atoms. The van der Waals surface area contributed by atoms with Gasteiger partial charge in [-0.15, -0.1) is 0 Å². The van der Waals surface area contributed by atoms with Crippen LogP contribution >= 0.6 is 0 Å². The molecule has 0 saturated carbocycles. The van der Waals surface area contributed by atoms with Crippen LogP contribution in [0.5, 0.6) is 11.5 Å². The Kier molecular flexibility index (Phi) is 10.8. The summed E-state index contributed by atoms with van der Waals surface area (Å²) in [5.74, 6) is 0.941. The predicted octanol–water partition coefficient (Wildman–Crippen LogP) is 4.42. The lowest BCUT2D eigenvalue weighted by Crippen LogP contribution is -2.35. The average molecular weight is 533 g/mol. The van der Waals surface area contributed by atoms with Gasteiger partial charge < -0.3 is 20.1 Å². The summed E-state index contributed by atoms with van der Waals surface area (Å²) in [6.45, 7) is 8.99. The van der Waals surface area contributed by atoms with Crippen molar-refractivity contribution in [1.29, 1.82) is 0 Å². The largest absolute Gasteiger partial charge is 0.457 e. The van der Waals surface area contributed by atoms with Crippen molar-refractivity contribution in [2.75, 3.05) is 26.7 Å². The third-order valence-electron chi connectivity index (χ3n) is 6.73. The van der Waals surface area contributed by atoms with Gasteiger partial charge in [-0.1, -0.05) is 26.0 Å². The van der Waals surface area contributed by atoms with Gasteiger partial charge in [0, 0.05) is 49.1 Å². The van der Waals surface area contributed by atoms with E-state index < -0.39 is 0 Å². The summed E-state index contributed by atoms with van der Waals surface area (Å²) in [5, 5.41) is 13.4. The van der Waals surface area contributed by atoms with E-state index >= 15 is 0 Å². The number of ketones is 1. The van der Waals surface area contributed by atoms with Gasteiger partial charge in [-0.3, -0.25) is 9.59 Å². The maximum atomic E-state index is 13.1. The van der Waals surface area contributed by atoms with Gasteiger partial charge in [0.25, 0.3) is 5.91 Å². The number of rotatable bonds is 13. The molecule has 0 radical (unpaired) electrons. The molecule has 0 aliphatic carbocycles. The molecule has 7 heteroatoms. The van der Waals surface area contributed by atoms with Crippen LogP contribution in [0.4, 0.5) is 4.39 Å². The van der Waals surface area contributed by atoms with Crippen LogP contribution in [0.3, 0.4) is 0 Å². The summed E-state index contributed by atoms with van der Waals surface area (Å²) in [7, 11) is 1.99. The molecule has 39 heavy (non-hydrogen) atoms. The van der Waals surface area contributed by atoms with Crippen molar-refractivity contribution in [2.24, 2.45) is 5.92 Å². The van der Waals surface area contributed by atoms with Crippen LogP contribution in [0.1, 0.15) is 52.5 Å². The number of ether oxygens (including phenoxy) is 1. The number of carbonyl (C=O) groups is 2. The van der Waals surface area contributed by atoms with Gasteiger partial charge in [0.15, 0.2) is 5.78 Å². The molecule has 2 N–H and O–H groups in total. The van der Waals surface area contributed by atoms with E-state index in [-0.39, 0.29) is 30.7 Å². The number of nitrogens with one attached hydrogen (secondary N) is 1. The first-order chi connectivity index (χ1) is 18.7. The number of benzene rings is 3. The molecule has 3 rings (SSSR count). The molecule has 3 aromatic carbocycles.